The Morgan fingerprint density at radius 3 is 2.94 bits per heavy atom. The maximum atomic E-state index is 11.9. The predicted molar refractivity (Wildman–Crippen MR) is 62.7 cm³/mol. The van der Waals surface area contributed by atoms with Crippen LogP contribution in [-0.2, 0) is 6.54 Å². The lowest BCUT2D eigenvalue weighted by Gasteiger charge is -2.07. The number of hydrogen-bond acceptors (Lipinski definition) is 3. The smallest absolute Gasteiger partial charge is 0.251 e. The topological polar surface area (TPSA) is 62.5 Å². The summed E-state index contributed by atoms with van der Waals surface area (Å²) in [5.41, 5.74) is 1.96. The number of nitrogens with one attached hydrogen (secondary N) is 1. The summed E-state index contributed by atoms with van der Waals surface area (Å²) in [6, 6.07) is 6.67. The highest BCUT2D eigenvalue weighted by molar-refractivity contribution is 5.96. The van der Waals surface area contributed by atoms with E-state index in [0.29, 0.717) is 17.7 Å². The fourth-order valence-electron chi connectivity index (χ4n) is 1.54. The molecule has 88 valence electrons. The van der Waals surface area contributed by atoms with E-state index in [1.165, 1.54) is 0 Å². The van der Waals surface area contributed by atoms with Crippen molar-refractivity contribution in [2.24, 2.45) is 0 Å². The molecule has 2 rings (SSSR count). The van der Waals surface area contributed by atoms with Crippen molar-refractivity contribution in [1.29, 1.82) is 0 Å². The molecule has 2 N–H and O–H groups in total. The third kappa shape index (κ3) is 2.47. The fraction of sp³-hybridized carbons (Fsp3) is 0.154. The summed E-state index contributed by atoms with van der Waals surface area (Å²) in [6.07, 6.45) is 3.14. The first-order valence-corrected chi connectivity index (χ1v) is 5.26. The van der Waals surface area contributed by atoms with Crippen LogP contribution in [0, 0.1) is 6.92 Å². The molecular weight excluding hydrogens is 218 g/mol. The number of aromatic hydroxyl groups is 1. The van der Waals surface area contributed by atoms with Gasteiger partial charge in [-0.2, -0.15) is 0 Å². The minimum atomic E-state index is -0.209. The lowest BCUT2D eigenvalue weighted by Crippen LogP contribution is -2.23. The second kappa shape index (κ2) is 4.74. The van der Waals surface area contributed by atoms with Crippen LogP contribution in [0.15, 0.2) is 41.2 Å². The van der Waals surface area contributed by atoms with Gasteiger partial charge < -0.3 is 14.8 Å². The summed E-state index contributed by atoms with van der Waals surface area (Å²) in [5, 5.41) is 12.3. The van der Waals surface area contributed by atoms with Crippen molar-refractivity contribution in [2.45, 2.75) is 13.5 Å². The minimum absolute atomic E-state index is 0.126. The molecule has 0 aliphatic rings. The largest absolute Gasteiger partial charge is 0.508 e. The zero-order valence-electron chi connectivity index (χ0n) is 9.43. The normalized spacial score (nSPS) is 10.2. The summed E-state index contributed by atoms with van der Waals surface area (Å²) in [7, 11) is 0. The highest BCUT2D eigenvalue weighted by Crippen LogP contribution is 2.19. The van der Waals surface area contributed by atoms with Crippen molar-refractivity contribution in [2.75, 3.05) is 0 Å². The molecule has 0 saturated heterocycles. The molecule has 1 aromatic carbocycles. The summed E-state index contributed by atoms with van der Waals surface area (Å²) in [5.74, 6) is -0.0828. The molecule has 1 amide bonds. The van der Waals surface area contributed by atoms with Gasteiger partial charge in [0.1, 0.15) is 5.75 Å². The molecule has 0 saturated carbocycles. The van der Waals surface area contributed by atoms with Crippen LogP contribution in [0.1, 0.15) is 21.5 Å². The van der Waals surface area contributed by atoms with Crippen LogP contribution in [0.5, 0.6) is 5.75 Å². The van der Waals surface area contributed by atoms with E-state index in [1.54, 1.807) is 43.7 Å². The highest BCUT2D eigenvalue weighted by atomic mass is 16.3. The van der Waals surface area contributed by atoms with Gasteiger partial charge in [0.15, 0.2) is 0 Å². The third-order valence-electron chi connectivity index (χ3n) is 2.58. The molecule has 17 heavy (non-hydrogen) atoms. The molecule has 0 radical (unpaired) electrons. The first kappa shape index (κ1) is 11.3. The van der Waals surface area contributed by atoms with E-state index < -0.39 is 0 Å². The lowest BCUT2D eigenvalue weighted by atomic mass is 10.1. The molecule has 2 aromatic rings. The van der Waals surface area contributed by atoms with Gasteiger partial charge in [0.25, 0.3) is 5.91 Å². The van der Waals surface area contributed by atoms with Crippen molar-refractivity contribution in [1.82, 2.24) is 5.32 Å². The zero-order valence-corrected chi connectivity index (χ0v) is 9.43. The summed E-state index contributed by atoms with van der Waals surface area (Å²) in [4.78, 5) is 11.9. The Labute approximate surface area is 98.9 Å². The van der Waals surface area contributed by atoms with Crippen LogP contribution in [0.25, 0.3) is 0 Å². The standard InChI is InChI=1S/C13H13NO3/c1-9-11(3-2-4-12(9)15)13(16)14-7-10-5-6-17-8-10/h2-6,8,15H,7H2,1H3,(H,14,16). The van der Waals surface area contributed by atoms with Crippen LogP contribution < -0.4 is 5.32 Å². The monoisotopic (exact) mass is 231 g/mol. The Hall–Kier alpha value is -2.23. The van der Waals surface area contributed by atoms with Gasteiger partial charge in [0.2, 0.25) is 0 Å². The zero-order chi connectivity index (χ0) is 12.3. The number of carbonyl (C=O) groups excluding carboxylic acids is 1. The molecule has 0 spiro atoms. The number of phenols is 1. The minimum Gasteiger partial charge on any atom is -0.508 e. The number of rotatable bonds is 3. The van der Waals surface area contributed by atoms with Crippen molar-refractivity contribution in [3.63, 3.8) is 0 Å². The van der Waals surface area contributed by atoms with Crippen LogP contribution in [0.4, 0.5) is 0 Å². The van der Waals surface area contributed by atoms with Gasteiger partial charge in [-0.1, -0.05) is 6.07 Å². The first-order valence-electron chi connectivity index (χ1n) is 5.26. The lowest BCUT2D eigenvalue weighted by molar-refractivity contribution is 0.0950. The Bertz CT molecular complexity index is 517. The summed E-state index contributed by atoms with van der Waals surface area (Å²) in [6.45, 7) is 2.12. The van der Waals surface area contributed by atoms with Crippen molar-refractivity contribution in [3.8, 4) is 5.75 Å². The number of furan rings is 1. The van der Waals surface area contributed by atoms with Crippen molar-refractivity contribution >= 4 is 5.91 Å². The fourth-order valence-corrected chi connectivity index (χ4v) is 1.54. The van der Waals surface area contributed by atoms with E-state index in [1.807, 2.05) is 0 Å². The van der Waals surface area contributed by atoms with Gasteiger partial charge in [0.05, 0.1) is 12.5 Å². The maximum absolute atomic E-state index is 11.9. The van der Waals surface area contributed by atoms with Gasteiger partial charge in [-0.3, -0.25) is 4.79 Å². The Morgan fingerprint density at radius 2 is 2.24 bits per heavy atom. The molecule has 4 heteroatoms. The summed E-state index contributed by atoms with van der Waals surface area (Å²) >= 11 is 0. The van der Waals surface area contributed by atoms with Crippen LogP contribution in [0.2, 0.25) is 0 Å². The maximum Gasteiger partial charge on any atom is 0.251 e. The van der Waals surface area contributed by atoms with Gasteiger partial charge in [-0.25, -0.2) is 0 Å². The van der Waals surface area contributed by atoms with Crippen molar-refractivity contribution < 1.29 is 14.3 Å². The van der Waals surface area contributed by atoms with E-state index in [4.69, 9.17) is 4.42 Å². The van der Waals surface area contributed by atoms with E-state index in [-0.39, 0.29) is 11.7 Å². The predicted octanol–water partition coefficient (Wildman–Crippen LogP) is 2.22. The molecule has 0 fully saturated rings. The van der Waals surface area contributed by atoms with Gasteiger partial charge >= 0.3 is 0 Å². The molecule has 1 heterocycles. The third-order valence-corrected chi connectivity index (χ3v) is 2.58. The number of phenolic OH excluding ortho intramolecular Hbond substituents is 1. The number of benzene rings is 1. The first-order chi connectivity index (χ1) is 8.18. The molecule has 1 aromatic heterocycles. The average Bonchev–Trinajstić information content (AvgIpc) is 2.82. The second-order valence-corrected chi connectivity index (χ2v) is 3.76. The van der Waals surface area contributed by atoms with Gasteiger partial charge in [0, 0.05) is 23.2 Å². The Morgan fingerprint density at radius 1 is 1.41 bits per heavy atom. The van der Waals surface area contributed by atoms with Gasteiger partial charge in [-0.15, -0.1) is 0 Å². The van der Waals surface area contributed by atoms with E-state index in [0.717, 1.165) is 5.56 Å². The molecule has 0 unspecified atom stereocenters. The molecule has 4 nitrogen and oxygen atoms in total. The van der Waals surface area contributed by atoms with E-state index in [2.05, 4.69) is 5.32 Å². The van der Waals surface area contributed by atoms with Crippen molar-refractivity contribution in [3.05, 3.63) is 53.5 Å². The molecule has 0 aliphatic heterocycles. The van der Waals surface area contributed by atoms with E-state index >= 15 is 0 Å². The molecule has 0 atom stereocenters. The second-order valence-electron chi connectivity index (χ2n) is 3.76. The van der Waals surface area contributed by atoms with Crippen LogP contribution in [-0.4, -0.2) is 11.0 Å². The van der Waals surface area contributed by atoms with Crippen LogP contribution >= 0.6 is 0 Å². The van der Waals surface area contributed by atoms with Crippen LogP contribution in [0.3, 0.4) is 0 Å². The molecule has 0 aliphatic carbocycles. The SMILES string of the molecule is Cc1c(O)cccc1C(=O)NCc1ccoc1. The average molecular weight is 231 g/mol. The molecule has 0 bridgehead atoms. The number of carbonyl (C=O) groups is 1. The number of hydrogen-bond donors (Lipinski definition) is 2. The van der Waals surface area contributed by atoms with E-state index in [9.17, 15) is 9.90 Å². The molecular formula is C13H13NO3. The Kier molecular flexibility index (Phi) is 3.14. The Balaban J connectivity index is 2.07. The highest BCUT2D eigenvalue weighted by Gasteiger charge is 2.10. The van der Waals surface area contributed by atoms with Gasteiger partial charge in [-0.05, 0) is 25.1 Å². The number of amides is 1. The summed E-state index contributed by atoms with van der Waals surface area (Å²) < 4.78 is 4.90. The quantitative estimate of drug-likeness (QED) is 0.851.